The zero-order chi connectivity index (χ0) is 14.7. The van der Waals surface area contributed by atoms with Crippen molar-refractivity contribution in [3.05, 3.63) is 0 Å². The molecule has 0 saturated carbocycles. The number of hydrogen-bond acceptors (Lipinski definition) is 3. The fraction of sp³-hybridized carbons (Fsp3) is 1.00. The van der Waals surface area contributed by atoms with Gasteiger partial charge in [-0.15, -0.1) is 0 Å². The minimum Gasteiger partial charge on any atom is -0.396 e. The maximum Gasteiger partial charge on any atom is 0.394 e. The predicted octanol–water partition coefficient (Wildman–Crippen LogP) is 3.42. The van der Waals surface area contributed by atoms with Gasteiger partial charge in [-0.2, -0.15) is 13.2 Å². The van der Waals surface area contributed by atoms with Gasteiger partial charge in [0.05, 0.1) is 5.92 Å². The first-order valence-corrected chi connectivity index (χ1v) is 8.58. The first kappa shape index (κ1) is 16.9. The summed E-state index contributed by atoms with van der Waals surface area (Å²) < 4.78 is 56.6. The number of alkyl halides is 3. The van der Waals surface area contributed by atoms with Gasteiger partial charge >= 0.3 is 14.7 Å². The summed E-state index contributed by atoms with van der Waals surface area (Å²) in [6.45, 7) is 1.85. The van der Waals surface area contributed by atoms with E-state index < -0.39 is 25.9 Å². The minimum absolute atomic E-state index is 0.0822. The van der Waals surface area contributed by atoms with E-state index in [-0.39, 0.29) is 6.42 Å². The van der Waals surface area contributed by atoms with E-state index in [1.807, 2.05) is 6.92 Å². The molecule has 0 aromatic heterocycles. The summed E-state index contributed by atoms with van der Waals surface area (Å²) in [5.74, 6) is -1.51. The van der Waals surface area contributed by atoms with Gasteiger partial charge in [-0.1, -0.05) is 19.8 Å². The molecule has 0 aromatic carbocycles. The van der Waals surface area contributed by atoms with Crippen molar-refractivity contribution < 1.29 is 26.8 Å². The van der Waals surface area contributed by atoms with E-state index in [1.54, 1.807) is 0 Å². The summed E-state index contributed by atoms with van der Waals surface area (Å²) in [5.41, 5.74) is 0. The quantitative estimate of drug-likeness (QED) is 0.728. The number of halogens is 3. The lowest BCUT2D eigenvalue weighted by Gasteiger charge is -2.52. The largest absolute Gasteiger partial charge is 0.396 e. The molecule has 114 valence electrons. The Morgan fingerprint density at radius 1 is 1.21 bits per heavy atom. The van der Waals surface area contributed by atoms with Crippen molar-refractivity contribution in [1.82, 2.24) is 0 Å². The van der Waals surface area contributed by atoms with Gasteiger partial charge in [0.25, 0.3) is 0 Å². The SMILES string of the molecule is CCCC1(OC)C(C(F)(F)F)CCC[Si]1(OC)OC. The molecule has 3 nitrogen and oxygen atoms in total. The predicted molar refractivity (Wildman–Crippen MR) is 68.0 cm³/mol. The molecule has 1 heterocycles. The second-order valence-electron chi connectivity index (χ2n) is 4.99. The number of hydrogen-bond donors (Lipinski definition) is 0. The molecule has 1 aliphatic rings. The molecule has 2 atom stereocenters. The zero-order valence-corrected chi connectivity index (χ0v) is 13.0. The van der Waals surface area contributed by atoms with Crippen LogP contribution in [0.2, 0.25) is 6.04 Å². The van der Waals surface area contributed by atoms with Crippen LogP contribution in [0.1, 0.15) is 32.6 Å². The molecule has 0 aromatic rings. The Balaban J connectivity index is 3.32. The van der Waals surface area contributed by atoms with Crippen LogP contribution in [0, 0.1) is 5.92 Å². The van der Waals surface area contributed by atoms with Crippen molar-refractivity contribution in [3.63, 3.8) is 0 Å². The van der Waals surface area contributed by atoms with Crippen LogP contribution in [0.5, 0.6) is 0 Å². The van der Waals surface area contributed by atoms with E-state index in [9.17, 15) is 13.2 Å². The van der Waals surface area contributed by atoms with Crippen LogP contribution in [0.15, 0.2) is 0 Å². The third kappa shape index (κ3) is 2.70. The van der Waals surface area contributed by atoms with Gasteiger partial charge in [-0.3, -0.25) is 0 Å². The molecular weight excluding hydrogens is 277 g/mol. The molecule has 19 heavy (non-hydrogen) atoms. The number of rotatable bonds is 5. The lowest BCUT2D eigenvalue weighted by atomic mass is 9.91. The lowest BCUT2D eigenvalue weighted by Crippen LogP contribution is -2.70. The van der Waals surface area contributed by atoms with Gasteiger partial charge in [0.1, 0.15) is 5.22 Å². The molecule has 0 aliphatic carbocycles. The fourth-order valence-corrected chi connectivity index (χ4v) is 7.59. The van der Waals surface area contributed by atoms with Crippen molar-refractivity contribution in [3.8, 4) is 0 Å². The average molecular weight is 300 g/mol. The van der Waals surface area contributed by atoms with E-state index in [0.29, 0.717) is 25.3 Å². The highest BCUT2D eigenvalue weighted by atomic mass is 28.4. The second kappa shape index (κ2) is 6.11. The van der Waals surface area contributed by atoms with Crippen LogP contribution in [0.3, 0.4) is 0 Å². The Morgan fingerprint density at radius 2 is 1.79 bits per heavy atom. The Labute approximate surface area is 113 Å². The smallest absolute Gasteiger partial charge is 0.394 e. The van der Waals surface area contributed by atoms with Crippen LogP contribution in [-0.2, 0) is 13.6 Å². The van der Waals surface area contributed by atoms with Gasteiger partial charge in [0.15, 0.2) is 0 Å². The standard InChI is InChI=1S/C12H23F3O3Si/c1-5-8-11(16-2)10(12(13,14)15)7-6-9-19(11,17-3)18-4/h10H,5-9H2,1-4H3. The topological polar surface area (TPSA) is 27.7 Å². The van der Waals surface area contributed by atoms with Crippen LogP contribution in [0.4, 0.5) is 13.2 Å². The molecule has 0 bridgehead atoms. The first-order valence-electron chi connectivity index (χ1n) is 6.55. The molecular formula is C12H23F3O3Si. The summed E-state index contributed by atoms with van der Waals surface area (Å²) in [6, 6.07) is 0.542. The Morgan fingerprint density at radius 3 is 2.16 bits per heavy atom. The van der Waals surface area contributed by atoms with Gasteiger partial charge in [-0.25, -0.2) is 0 Å². The highest BCUT2D eigenvalue weighted by Gasteiger charge is 2.68. The van der Waals surface area contributed by atoms with Crippen LogP contribution in [0.25, 0.3) is 0 Å². The molecule has 0 N–H and O–H groups in total. The third-order valence-corrected chi connectivity index (χ3v) is 8.67. The van der Waals surface area contributed by atoms with Gasteiger partial charge in [0, 0.05) is 21.3 Å². The van der Waals surface area contributed by atoms with Crippen molar-refractivity contribution >= 4 is 8.56 Å². The van der Waals surface area contributed by atoms with E-state index >= 15 is 0 Å². The van der Waals surface area contributed by atoms with Crippen molar-refractivity contribution in [2.75, 3.05) is 21.3 Å². The Hall–Kier alpha value is -0.113. The maximum atomic E-state index is 13.4. The van der Waals surface area contributed by atoms with Crippen molar-refractivity contribution in [2.45, 2.75) is 50.1 Å². The molecule has 0 amide bonds. The highest BCUT2D eigenvalue weighted by molar-refractivity contribution is 6.70. The monoisotopic (exact) mass is 300 g/mol. The summed E-state index contributed by atoms with van der Waals surface area (Å²) in [5, 5.41) is -1.35. The molecule has 1 aliphatic heterocycles. The summed E-state index contributed by atoms with van der Waals surface area (Å²) in [7, 11) is 1.19. The van der Waals surface area contributed by atoms with Gasteiger partial charge < -0.3 is 13.6 Å². The molecule has 1 fully saturated rings. The first-order chi connectivity index (χ1) is 8.83. The van der Waals surface area contributed by atoms with Crippen LogP contribution < -0.4 is 0 Å². The number of methoxy groups -OCH3 is 1. The van der Waals surface area contributed by atoms with Crippen molar-refractivity contribution in [1.29, 1.82) is 0 Å². The lowest BCUT2D eigenvalue weighted by molar-refractivity contribution is -0.229. The molecule has 0 spiro atoms. The average Bonchev–Trinajstić information content (AvgIpc) is 2.37. The second-order valence-corrected chi connectivity index (χ2v) is 8.66. The minimum atomic E-state index is -4.29. The fourth-order valence-electron chi connectivity index (χ4n) is 3.45. The molecule has 1 saturated heterocycles. The zero-order valence-electron chi connectivity index (χ0n) is 12.0. The van der Waals surface area contributed by atoms with E-state index in [1.165, 1.54) is 21.3 Å². The summed E-state index contributed by atoms with van der Waals surface area (Å²) in [6.07, 6.45) is -2.84. The van der Waals surface area contributed by atoms with Crippen molar-refractivity contribution in [2.24, 2.45) is 5.92 Å². The van der Waals surface area contributed by atoms with Gasteiger partial charge in [0.2, 0.25) is 0 Å². The third-order valence-electron chi connectivity index (χ3n) is 4.25. The van der Waals surface area contributed by atoms with E-state index in [4.69, 9.17) is 13.6 Å². The molecule has 2 unspecified atom stereocenters. The maximum absolute atomic E-state index is 13.4. The number of ether oxygens (including phenoxy) is 1. The van der Waals surface area contributed by atoms with Gasteiger partial charge in [-0.05, 0) is 18.9 Å². The van der Waals surface area contributed by atoms with E-state index in [0.717, 1.165) is 0 Å². The van der Waals surface area contributed by atoms with Crippen LogP contribution >= 0.6 is 0 Å². The normalized spacial score (nSPS) is 31.4. The Bertz CT molecular complexity index is 294. The molecule has 1 rings (SSSR count). The molecule has 7 heteroatoms. The van der Waals surface area contributed by atoms with E-state index in [2.05, 4.69) is 0 Å². The van der Waals surface area contributed by atoms with Crippen LogP contribution in [-0.4, -0.2) is 41.3 Å². The summed E-state index contributed by atoms with van der Waals surface area (Å²) in [4.78, 5) is 0. The summed E-state index contributed by atoms with van der Waals surface area (Å²) >= 11 is 0. The highest BCUT2D eigenvalue weighted by Crippen LogP contribution is 2.52. The Kier molecular flexibility index (Phi) is 5.45. The molecule has 0 radical (unpaired) electrons.